The van der Waals surface area contributed by atoms with Crippen molar-refractivity contribution in [2.75, 3.05) is 27.3 Å². The smallest absolute Gasteiger partial charge is 0.247 e. The lowest BCUT2D eigenvalue weighted by atomic mass is 9.99. The van der Waals surface area contributed by atoms with Crippen molar-refractivity contribution < 1.29 is 19.1 Å². The Kier molecular flexibility index (Phi) is 5.64. The lowest BCUT2D eigenvalue weighted by molar-refractivity contribution is -0.143. The zero-order valence-corrected chi connectivity index (χ0v) is 15.8. The predicted octanol–water partition coefficient (Wildman–Crippen LogP) is 2.25. The summed E-state index contributed by atoms with van der Waals surface area (Å²) in [4.78, 5) is 27.2. The molecular formula is C21H24N2O4. The van der Waals surface area contributed by atoms with E-state index in [2.05, 4.69) is 5.32 Å². The van der Waals surface area contributed by atoms with Gasteiger partial charge in [0.05, 0.1) is 20.6 Å². The van der Waals surface area contributed by atoms with E-state index in [4.69, 9.17) is 9.47 Å². The van der Waals surface area contributed by atoms with E-state index in [1.54, 1.807) is 31.3 Å². The van der Waals surface area contributed by atoms with Crippen molar-refractivity contribution in [1.82, 2.24) is 10.2 Å². The molecule has 1 unspecified atom stereocenters. The number of benzene rings is 2. The molecule has 2 aromatic rings. The first-order valence-electron chi connectivity index (χ1n) is 8.88. The van der Waals surface area contributed by atoms with Crippen LogP contribution in [0.3, 0.4) is 0 Å². The molecule has 6 nitrogen and oxygen atoms in total. The number of carbonyl (C=O) groups excluding carboxylic acids is 2. The van der Waals surface area contributed by atoms with E-state index in [0.29, 0.717) is 24.6 Å². The number of nitrogens with one attached hydrogen (secondary N) is 1. The van der Waals surface area contributed by atoms with E-state index in [1.807, 2.05) is 37.3 Å². The Morgan fingerprint density at radius 2 is 1.93 bits per heavy atom. The highest BCUT2D eigenvalue weighted by molar-refractivity contribution is 5.90. The lowest BCUT2D eigenvalue weighted by Crippen LogP contribution is -2.52. The molecule has 1 aliphatic heterocycles. The molecule has 0 spiro atoms. The van der Waals surface area contributed by atoms with E-state index >= 15 is 0 Å². The zero-order valence-electron chi connectivity index (χ0n) is 15.8. The van der Waals surface area contributed by atoms with E-state index < -0.39 is 6.04 Å². The molecule has 0 aliphatic carbocycles. The van der Waals surface area contributed by atoms with Gasteiger partial charge in [0.25, 0.3) is 0 Å². The molecule has 0 aromatic heterocycles. The SMILES string of the molecule is COc1ccc(CC(=O)N2CCNC(=O)C2c2cccc(C)c2)cc1OC. The Morgan fingerprint density at radius 3 is 2.63 bits per heavy atom. The summed E-state index contributed by atoms with van der Waals surface area (Å²) in [6.45, 7) is 2.91. The van der Waals surface area contributed by atoms with Crippen LogP contribution in [0.4, 0.5) is 0 Å². The minimum atomic E-state index is -0.605. The number of ether oxygens (including phenoxy) is 2. The highest BCUT2D eigenvalue weighted by Gasteiger charge is 2.34. The van der Waals surface area contributed by atoms with Crippen molar-refractivity contribution in [3.05, 3.63) is 59.2 Å². The third-order valence-corrected chi connectivity index (χ3v) is 4.69. The van der Waals surface area contributed by atoms with E-state index in [9.17, 15) is 9.59 Å². The topological polar surface area (TPSA) is 67.9 Å². The van der Waals surface area contributed by atoms with Crippen LogP contribution in [0.15, 0.2) is 42.5 Å². The number of methoxy groups -OCH3 is 2. The maximum atomic E-state index is 13.0. The number of hydrogen-bond acceptors (Lipinski definition) is 4. The van der Waals surface area contributed by atoms with E-state index in [-0.39, 0.29) is 18.2 Å². The van der Waals surface area contributed by atoms with Crippen molar-refractivity contribution in [2.45, 2.75) is 19.4 Å². The van der Waals surface area contributed by atoms with Crippen LogP contribution in [0, 0.1) is 6.92 Å². The molecule has 0 saturated carbocycles. The van der Waals surface area contributed by atoms with Crippen LogP contribution in [0.2, 0.25) is 0 Å². The Bertz CT molecular complexity index is 850. The molecule has 6 heteroatoms. The van der Waals surface area contributed by atoms with Gasteiger partial charge in [-0.1, -0.05) is 35.9 Å². The number of hydrogen-bond donors (Lipinski definition) is 1. The number of nitrogens with zero attached hydrogens (tertiary/aromatic N) is 1. The van der Waals surface area contributed by atoms with Gasteiger partial charge in [-0.3, -0.25) is 9.59 Å². The summed E-state index contributed by atoms with van der Waals surface area (Å²) in [5, 5.41) is 2.86. The van der Waals surface area contributed by atoms with Gasteiger partial charge in [-0.15, -0.1) is 0 Å². The number of rotatable bonds is 5. The second-order valence-corrected chi connectivity index (χ2v) is 6.56. The summed E-state index contributed by atoms with van der Waals surface area (Å²) in [6.07, 6.45) is 0.190. The molecule has 0 radical (unpaired) electrons. The molecule has 1 heterocycles. The lowest BCUT2D eigenvalue weighted by Gasteiger charge is -2.35. The van der Waals surface area contributed by atoms with Crippen LogP contribution in [-0.2, 0) is 16.0 Å². The number of aryl methyl sites for hydroxylation is 1. The summed E-state index contributed by atoms with van der Waals surface area (Å²) in [5.74, 6) is 0.953. The monoisotopic (exact) mass is 368 g/mol. The third kappa shape index (κ3) is 4.05. The van der Waals surface area contributed by atoms with Crippen LogP contribution < -0.4 is 14.8 Å². The van der Waals surface area contributed by atoms with Crippen LogP contribution in [0.25, 0.3) is 0 Å². The minimum Gasteiger partial charge on any atom is -0.493 e. The van der Waals surface area contributed by atoms with E-state index in [1.165, 1.54) is 0 Å². The minimum absolute atomic E-state index is 0.0939. The first-order valence-corrected chi connectivity index (χ1v) is 8.88. The maximum absolute atomic E-state index is 13.0. The van der Waals surface area contributed by atoms with Gasteiger partial charge >= 0.3 is 0 Å². The molecular weight excluding hydrogens is 344 g/mol. The molecule has 1 N–H and O–H groups in total. The molecule has 2 aromatic carbocycles. The van der Waals surface area contributed by atoms with Gasteiger partial charge in [-0.25, -0.2) is 0 Å². The third-order valence-electron chi connectivity index (χ3n) is 4.69. The molecule has 2 amide bonds. The summed E-state index contributed by atoms with van der Waals surface area (Å²) < 4.78 is 10.5. The van der Waals surface area contributed by atoms with Gasteiger partial charge in [0.1, 0.15) is 6.04 Å². The second kappa shape index (κ2) is 8.12. The Hall–Kier alpha value is -3.02. The van der Waals surface area contributed by atoms with Gasteiger partial charge in [-0.2, -0.15) is 0 Å². The zero-order chi connectivity index (χ0) is 19.4. The Labute approximate surface area is 159 Å². The number of carbonyl (C=O) groups is 2. The maximum Gasteiger partial charge on any atom is 0.247 e. The summed E-state index contributed by atoms with van der Waals surface area (Å²) in [6, 6.07) is 12.5. The fourth-order valence-corrected chi connectivity index (χ4v) is 3.37. The van der Waals surface area contributed by atoms with Crippen molar-refractivity contribution in [2.24, 2.45) is 0 Å². The van der Waals surface area contributed by atoms with Gasteiger partial charge in [0.2, 0.25) is 11.8 Å². The van der Waals surface area contributed by atoms with Gasteiger partial charge < -0.3 is 19.7 Å². The highest BCUT2D eigenvalue weighted by atomic mass is 16.5. The fraction of sp³-hybridized carbons (Fsp3) is 0.333. The van der Waals surface area contributed by atoms with Gasteiger partial charge in [0, 0.05) is 13.1 Å². The van der Waals surface area contributed by atoms with Crippen molar-refractivity contribution in [3.63, 3.8) is 0 Å². The van der Waals surface area contributed by atoms with Gasteiger partial charge in [0.15, 0.2) is 11.5 Å². The number of piperazine rings is 1. The van der Waals surface area contributed by atoms with Crippen molar-refractivity contribution in [3.8, 4) is 11.5 Å². The molecule has 1 atom stereocenters. The number of amides is 2. The first-order chi connectivity index (χ1) is 13.0. The standard InChI is InChI=1S/C21H24N2O4/c1-14-5-4-6-16(11-14)20-21(25)22-9-10-23(20)19(24)13-15-7-8-17(26-2)18(12-15)27-3/h4-8,11-12,20H,9-10,13H2,1-3H3,(H,22,25). The van der Waals surface area contributed by atoms with E-state index in [0.717, 1.165) is 16.7 Å². The average Bonchev–Trinajstić information content (AvgIpc) is 2.67. The van der Waals surface area contributed by atoms with Crippen LogP contribution >= 0.6 is 0 Å². The quantitative estimate of drug-likeness (QED) is 0.879. The Balaban J connectivity index is 1.84. The molecule has 27 heavy (non-hydrogen) atoms. The highest BCUT2D eigenvalue weighted by Crippen LogP contribution is 2.29. The normalized spacial score (nSPS) is 16.6. The molecule has 1 aliphatic rings. The predicted molar refractivity (Wildman–Crippen MR) is 102 cm³/mol. The Morgan fingerprint density at radius 1 is 1.15 bits per heavy atom. The van der Waals surface area contributed by atoms with Crippen LogP contribution in [-0.4, -0.2) is 44.0 Å². The molecule has 3 rings (SSSR count). The first kappa shape index (κ1) is 18.8. The molecule has 1 saturated heterocycles. The van der Waals surface area contributed by atoms with Crippen LogP contribution in [0.1, 0.15) is 22.7 Å². The van der Waals surface area contributed by atoms with Crippen molar-refractivity contribution in [1.29, 1.82) is 0 Å². The summed E-state index contributed by atoms with van der Waals surface area (Å²) >= 11 is 0. The van der Waals surface area contributed by atoms with Crippen molar-refractivity contribution >= 4 is 11.8 Å². The summed E-state index contributed by atoms with van der Waals surface area (Å²) in [7, 11) is 3.13. The van der Waals surface area contributed by atoms with Gasteiger partial charge in [-0.05, 0) is 30.2 Å². The second-order valence-electron chi connectivity index (χ2n) is 6.56. The molecule has 142 valence electrons. The molecule has 1 fully saturated rings. The summed E-state index contributed by atoms with van der Waals surface area (Å²) in [5.41, 5.74) is 2.69. The largest absolute Gasteiger partial charge is 0.493 e. The molecule has 0 bridgehead atoms. The van der Waals surface area contributed by atoms with Crippen LogP contribution in [0.5, 0.6) is 11.5 Å². The fourth-order valence-electron chi connectivity index (χ4n) is 3.37. The average molecular weight is 368 g/mol.